The maximum absolute atomic E-state index is 12.8. The van der Waals surface area contributed by atoms with Crippen LogP contribution >= 0.6 is 11.3 Å². The number of fused-ring (bicyclic) bond motifs is 1. The zero-order valence-corrected chi connectivity index (χ0v) is 21.2. The molecule has 0 radical (unpaired) electrons. The standard InChI is InChI=1S/C26H31N5O3S/c1-4-30(5-2)13-12-27-25(33)18-6-8-20(9-7-18)29-26(34)19-14-24(32)31(16-19)21-10-11-23-22(15-21)28-17(3)35-23/h6-11,15,19H,4-5,12-14,16H2,1-3H3,(H,27,33)(H,29,34). The fourth-order valence-electron chi connectivity index (χ4n) is 4.25. The molecule has 2 N–H and O–H groups in total. The molecule has 0 spiro atoms. The lowest BCUT2D eigenvalue weighted by Crippen LogP contribution is -2.34. The highest BCUT2D eigenvalue weighted by Gasteiger charge is 2.35. The predicted molar refractivity (Wildman–Crippen MR) is 140 cm³/mol. The largest absolute Gasteiger partial charge is 0.351 e. The van der Waals surface area contributed by atoms with Crippen LogP contribution < -0.4 is 15.5 Å². The maximum atomic E-state index is 12.8. The lowest BCUT2D eigenvalue weighted by molar-refractivity contribution is -0.122. The van der Waals surface area contributed by atoms with Crippen LogP contribution in [0.2, 0.25) is 0 Å². The van der Waals surface area contributed by atoms with Crippen molar-refractivity contribution in [1.29, 1.82) is 0 Å². The fraction of sp³-hybridized carbons (Fsp3) is 0.385. The number of hydrogen-bond donors (Lipinski definition) is 2. The third kappa shape index (κ3) is 5.86. The van der Waals surface area contributed by atoms with Gasteiger partial charge in [0.1, 0.15) is 0 Å². The Hall–Kier alpha value is -3.30. The van der Waals surface area contributed by atoms with Gasteiger partial charge in [-0.25, -0.2) is 4.98 Å². The van der Waals surface area contributed by atoms with Crippen LogP contribution in [-0.4, -0.2) is 60.3 Å². The minimum atomic E-state index is -0.446. The Bertz CT molecular complexity index is 1220. The first-order chi connectivity index (χ1) is 16.9. The SMILES string of the molecule is CCN(CC)CCNC(=O)c1ccc(NC(=O)C2CC(=O)N(c3ccc4sc(C)nc4c3)C2)cc1. The molecule has 8 nitrogen and oxygen atoms in total. The zero-order chi connectivity index (χ0) is 24.9. The highest BCUT2D eigenvalue weighted by Crippen LogP contribution is 2.30. The molecule has 0 bridgehead atoms. The lowest BCUT2D eigenvalue weighted by Gasteiger charge is -2.18. The number of likely N-dealkylation sites (N-methyl/N-ethyl adjacent to an activating group) is 1. The van der Waals surface area contributed by atoms with Gasteiger partial charge in [0, 0.05) is 43.0 Å². The number of nitrogens with zero attached hydrogens (tertiary/aromatic N) is 3. The van der Waals surface area contributed by atoms with Crippen LogP contribution in [0.3, 0.4) is 0 Å². The van der Waals surface area contributed by atoms with Crippen LogP contribution in [0.1, 0.15) is 35.6 Å². The van der Waals surface area contributed by atoms with Gasteiger partial charge in [-0.1, -0.05) is 13.8 Å². The molecule has 1 fully saturated rings. The van der Waals surface area contributed by atoms with Gasteiger partial charge in [0.15, 0.2) is 0 Å². The molecule has 1 aromatic heterocycles. The molecule has 0 aliphatic carbocycles. The normalized spacial score (nSPS) is 15.7. The Balaban J connectivity index is 1.32. The van der Waals surface area contributed by atoms with E-state index in [2.05, 4.69) is 34.4 Å². The van der Waals surface area contributed by atoms with Gasteiger partial charge in [-0.2, -0.15) is 0 Å². The summed E-state index contributed by atoms with van der Waals surface area (Å²) in [5, 5.41) is 6.79. The van der Waals surface area contributed by atoms with Crippen LogP contribution in [-0.2, 0) is 9.59 Å². The summed E-state index contributed by atoms with van der Waals surface area (Å²) in [6, 6.07) is 12.6. The molecule has 2 aromatic carbocycles. The number of carbonyl (C=O) groups is 3. The van der Waals surface area contributed by atoms with Gasteiger partial charge in [-0.05, 0) is 62.5 Å². The van der Waals surface area contributed by atoms with E-state index >= 15 is 0 Å². The van der Waals surface area contributed by atoms with Gasteiger partial charge in [-0.15, -0.1) is 11.3 Å². The topological polar surface area (TPSA) is 94.6 Å². The molecule has 184 valence electrons. The van der Waals surface area contributed by atoms with Crippen LogP contribution in [0.15, 0.2) is 42.5 Å². The summed E-state index contributed by atoms with van der Waals surface area (Å²) < 4.78 is 1.08. The van der Waals surface area contributed by atoms with Gasteiger partial charge in [0.05, 0.1) is 21.1 Å². The number of amides is 3. The Labute approximate surface area is 209 Å². The minimum absolute atomic E-state index is 0.0758. The number of anilines is 2. The summed E-state index contributed by atoms with van der Waals surface area (Å²) in [4.78, 5) is 46.3. The monoisotopic (exact) mass is 493 g/mol. The number of hydrogen-bond acceptors (Lipinski definition) is 6. The average Bonchev–Trinajstić information content (AvgIpc) is 3.43. The van der Waals surface area contributed by atoms with Crippen molar-refractivity contribution in [1.82, 2.24) is 15.2 Å². The Morgan fingerprint density at radius 1 is 1.14 bits per heavy atom. The number of aryl methyl sites for hydroxylation is 1. The summed E-state index contributed by atoms with van der Waals surface area (Å²) >= 11 is 1.61. The molecular weight excluding hydrogens is 462 g/mol. The molecule has 1 aliphatic heterocycles. The van der Waals surface area contributed by atoms with Crippen molar-refractivity contribution < 1.29 is 14.4 Å². The second-order valence-corrected chi connectivity index (χ2v) is 9.87. The smallest absolute Gasteiger partial charge is 0.251 e. The van der Waals surface area contributed by atoms with E-state index in [-0.39, 0.29) is 24.1 Å². The molecule has 35 heavy (non-hydrogen) atoms. The second kappa shape index (κ2) is 11.0. The Morgan fingerprint density at radius 2 is 1.89 bits per heavy atom. The van der Waals surface area contributed by atoms with Crippen LogP contribution in [0.25, 0.3) is 10.2 Å². The van der Waals surface area contributed by atoms with Crippen LogP contribution in [0.4, 0.5) is 11.4 Å². The Morgan fingerprint density at radius 3 is 2.60 bits per heavy atom. The molecular formula is C26H31N5O3S. The van der Waals surface area contributed by atoms with Gasteiger partial charge < -0.3 is 20.4 Å². The highest BCUT2D eigenvalue weighted by molar-refractivity contribution is 7.18. The molecule has 2 heterocycles. The lowest BCUT2D eigenvalue weighted by atomic mass is 10.1. The van der Waals surface area contributed by atoms with E-state index in [9.17, 15) is 14.4 Å². The van der Waals surface area contributed by atoms with Crippen molar-refractivity contribution in [3.8, 4) is 0 Å². The minimum Gasteiger partial charge on any atom is -0.351 e. The number of benzene rings is 2. The molecule has 9 heteroatoms. The number of rotatable bonds is 9. The van der Waals surface area contributed by atoms with Crippen molar-refractivity contribution in [2.45, 2.75) is 27.2 Å². The number of thiazole rings is 1. The number of nitrogens with one attached hydrogen (secondary N) is 2. The van der Waals surface area contributed by atoms with E-state index in [0.717, 1.165) is 40.5 Å². The van der Waals surface area contributed by atoms with Gasteiger partial charge >= 0.3 is 0 Å². The van der Waals surface area contributed by atoms with Crippen LogP contribution in [0, 0.1) is 12.8 Å². The molecule has 1 saturated heterocycles. The summed E-state index contributed by atoms with van der Waals surface area (Å²) in [6.45, 7) is 9.77. The zero-order valence-electron chi connectivity index (χ0n) is 20.3. The molecule has 3 aromatic rings. The van der Waals surface area contributed by atoms with Crippen molar-refractivity contribution in [2.24, 2.45) is 5.92 Å². The summed E-state index contributed by atoms with van der Waals surface area (Å²) in [5.41, 5.74) is 2.76. The molecule has 0 saturated carbocycles. The molecule has 3 amide bonds. The quantitative estimate of drug-likeness (QED) is 0.474. The summed E-state index contributed by atoms with van der Waals surface area (Å²) in [7, 11) is 0. The summed E-state index contributed by atoms with van der Waals surface area (Å²) in [5.74, 6) is -0.867. The molecule has 1 unspecified atom stereocenters. The molecule has 4 rings (SSSR count). The number of carbonyl (C=O) groups excluding carboxylic acids is 3. The first-order valence-electron chi connectivity index (χ1n) is 12.0. The van der Waals surface area contributed by atoms with Gasteiger partial charge in [-0.3, -0.25) is 14.4 Å². The molecule has 1 aliphatic rings. The first kappa shape index (κ1) is 24.8. The van der Waals surface area contributed by atoms with Crippen molar-refractivity contribution in [2.75, 3.05) is 42.9 Å². The maximum Gasteiger partial charge on any atom is 0.251 e. The van der Waals surface area contributed by atoms with E-state index in [0.29, 0.717) is 24.3 Å². The van der Waals surface area contributed by atoms with Crippen molar-refractivity contribution in [3.63, 3.8) is 0 Å². The van der Waals surface area contributed by atoms with E-state index in [1.54, 1.807) is 40.5 Å². The van der Waals surface area contributed by atoms with E-state index in [4.69, 9.17) is 0 Å². The highest BCUT2D eigenvalue weighted by atomic mass is 32.1. The third-order valence-electron chi connectivity index (χ3n) is 6.31. The van der Waals surface area contributed by atoms with Crippen LogP contribution in [0.5, 0.6) is 0 Å². The summed E-state index contributed by atoms with van der Waals surface area (Å²) in [6.07, 6.45) is 0.160. The Kier molecular flexibility index (Phi) is 7.77. The van der Waals surface area contributed by atoms with Crippen molar-refractivity contribution >= 4 is 50.6 Å². The molecule has 1 atom stereocenters. The van der Waals surface area contributed by atoms with Gasteiger partial charge in [0.25, 0.3) is 5.91 Å². The van der Waals surface area contributed by atoms with E-state index in [1.165, 1.54) is 0 Å². The van der Waals surface area contributed by atoms with E-state index < -0.39 is 5.92 Å². The third-order valence-corrected chi connectivity index (χ3v) is 7.26. The second-order valence-electron chi connectivity index (χ2n) is 8.64. The fourth-order valence-corrected chi connectivity index (χ4v) is 5.06. The first-order valence-corrected chi connectivity index (χ1v) is 12.8. The predicted octanol–water partition coefficient (Wildman–Crippen LogP) is 3.67. The average molecular weight is 494 g/mol. The van der Waals surface area contributed by atoms with E-state index in [1.807, 2.05) is 25.1 Å². The number of aromatic nitrogens is 1. The van der Waals surface area contributed by atoms with Crippen molar-refractivity contribution in [3.05, 3.63) is 53.0 Å². The van der Waals surface area contributed by atoms with Gasteiger partial charge in [0.2, 0.25) is 11.8 Å².